The number of nitrogens with zero attached hydrogens (tertiary/aromatic N) is 1. The zero-order chi connectivity index (χ0) is 22.1. The van der Waals surface area contributed by atoms with Crippen LogP contribution in [0.25, 0.3) is 11.6 Å². The maximum Gasteiger partial charge on any atom is 0.336 e. The van der Waals surface area contributed by atoms with Crippen LogP contribution in [0.5, 0.6) is 5.75 Å². The maximum absolute atomic E-state index is 12.2. The van der Waals surface area contributed by atoms with Crippen LogP contribution in [0.15, 0.2) is 78.9 Å². The number of hydrogen-bond acceptors (Lipinski definition) is 4. The highest BCUT2D eigenvalue weighted by molar-refractivity contribution is 6.04. The van der Waals surface area contributed by atoms with E-state index in [1.54, 1.807) is 36.4 Å². The van der Waals surface area contributed by atoms with Crippen LogP contribution in [0, 0.1) is 11.3 Å². The molecule has 6 heteroatoms. The molecular weight excluding hydrogens is 392 g/mol. The third-order valence-corrected chi connectivity index (χ3v) is 4.45. The second-order valence-electron chi connectivity index (χ2n) is 6.56. The molecule has 0 radical (unpaired) electrons. The van der Waals surface area contributed by atoms with E-state index in [1.165, 1.54) is 12.1 Å². The molecule has 3 rings (SSSR count). The van der Waals surface area contributed by atoms with Crippen molar-refractivity contribution in [3.8, 4) is 11.8 Å². The van der Waals surface area contributed by atoms with Crippen molar-refractivity contribution in [3.05, 3.63) is 101 Å². The molecule has 0 heterocycles. The van der Waals surface area contributed by atoms with Crippen LogP contribution in [-0.4, -0.2) is 30.1 Å². The molecule has 0 saturated heterocycles. The van der Waals surface area contributed by atoms with Gasteiger partial charge >= 0.3 is 5.97 Å². The first-order valence-corrected chi connectivity index (χ1v) is 9.59. The number of nitrogens with one attached hydrogen (secondary N) is 1. The number of hydrogen-bond donors (Lipinski definition) is 2. The highest BCUT2D eigenvalue weighted by atomic mass is 16.5. The molecule has 0 bridgehead atoms. The minimum absolute atomic E-state index is 0.0478. The molecule has 2 N–H and O–H groups in total. The van der Waals surface area contributed by atoms with Crippen molar-refractivity contribution in [2.24, 2.45) is 0 Å². The smallest absolute Gasteiger partial charge is 0.336 e. The van der Waals surface area contributed by atoms with Crippen molar-refractivity contribution in [1.29, 1.82) is 5.26 Å². The maximum atomic E-state index is 12.2. The predicted molar refractivity (Wildman–Crippen MR) is 118 cm³/mol. The van der Waals surface area contributed by atoms with E-state index in [0.717, 1.165) is 11.1 Å². The Kier molecular flexibility index (Phi) is 7.17. The average molecular weight is 412 g/mol. The quantitative estimate of drug-likeness (QED) is 0.327. The first kappa shape index (κ1) is 21.3. The highest BCUT2D eigenvalue weighted by Crippen LogP contribution is 2.21. The number of carbonyl (C=O) groups is 2. The summed E-state index contributed by atoms with van der Waals surface area (Å²) < 4.78 is 5.62. The molecule has 6 nitrogen and oxygen atoms in total. The first-order chi connectivity index (χ1) is 15.1. The van der Waals surface area contributed by atoms with Gasteiger partial charge in [0.1, 0.15) is 12.4 Å². The van der Waals surface area contributed by atoms with Crippen LogP contribution in [0.1, 0.15) is 31.8 Å². The van der Waals surface area contributed by atoms with E-state index in [1.807, 2.05) is 36.4 Å². The Morgan fingerprint density at radius 1 is 0.935 bits per heavy atom. The molecule has 0 fully saturated rings. The lowest BCUT2D eigenvalue weighted by Crippen LogP contribution is -2.29. The molecule has 1 amide bonds. The molecule has 31 heavy (non-hydrogen) atoms. The van der Waals surface area contributed by atoms with Crippen LogP contribution < -0.4 is 10.1 Å². The van der Waals surface area contributed by atoms with Crippen molar-refractivity contribution in [1.82, 2.24) is 5.32 Å². The number of carboxylic acids is 1. The fourth-order valence-corrected chi connectivity index (χ4v) is 2.92. The van der Waals surface area contributed by atoms with Gasteiger partial charge in [-0.3, -0.25) is 4.79 Å². The number of rotatable bonds is 8. The number of amides is 1. The van der Waals surface area contributed by atoms with E-state index in [4.69, 9.17) is 9.84 Å². The highest BCUT2D eigenvalue weighted by Gasteiger charge is 2.15. The average Bonchev–Trinajstić information content (AvgIpc) is 2.81. The first-order valence-electron chi connectivity index (χ1n) is 9.59. The Hall–Kier alpha value is -4.37. The normalized spacial score (nSPS) is 10.7. The Morgan fingerprint density at radius 3 is 2.23 bits per heavy atom. The number of aromatic carboxylic acids is 1. The number of ether oxygens (including phenoxy) is 1. The number of nitriles is 1. The summed E-state index contributed by atoms with van der Waals surface area (Å²) in [6.07, 6.45) is 1.82. The van der Waals surface area contributed by atoms with E-state index in [0.29, 0.717) is 11.3 Å². The fraction of sp³-hybridized carbons (Fsp3) is 0.0800. The molecule has 0 aliphatic carbocycles. The second-order valence-corrected chi connectivity index (χ2v) is 6.56. The minimum Gasteiger partial charge on any atom is -0.492 e. The van der Waals surface area contributed by atoms with Gasteiger partial charge in [0.05, 0.1) is 29.3 Å². The zero-order valence-corrected chi connectivity index (χ0v) is 16.6. The molecule has 0 atom stereocenters. The van der Waals surface area contributed by atoms with E-state index >= 15 is 0 Å². The van der Waals surface area contributed by atoms with Crippen molar-refractivity contribution in [2.75, 3.05) is 13.2 Å². The van der Waals surface area contributed by atoms with Gasteiger partial charge in [-0.15, -0.1) is 0 Å². The molecule has 3 aromatic carbocycles. The summed E-state index contributed by atoms with van der Waals surface area (Å²) in [4.78, 5) is 23.4. The Labute approximate surface area is 180 Å². The monoisotopic (exact) mass is 412 g/mol. The Morgan fingerprint density at radius 2 is 1.58 bits per heavy atom. The summed E-state index contributed by atoms with van der Waals surface area (Å²) in [5, 5.41) is 21.3. The molecule has 0 spiro atoms. The summed E-state index contributed by atoms with van der Waals surface area (Å²) >= 11 is 0. The van der Waals surface area contributed by atoms with Crippen molar-refractivity contribution < 1.29 is 19.4 Å². The molecule has 0 saturated carbocycles. The standard InChI is InChI=1S/C25H20N2O4/c26-17-20(16-18-6-2-1-3-7-18)19-10-12-21(13-11-19)31-15-14-27-24(28)22-8-4-5-9-23(22)25(29)30/h1-13,16H,14-15H2,(H,27,28)(H,29,30)/b20-16+. The van der Waals surface area contributed by atoms with Crippen LogP contribution in [-0.2, 0) is 0 Å². The van der Waals surface area contributed by atoms with Crippen LogP contribution in [0.2, 0.25) is 0 Å². The van der Waals surface area contributed by atoms with Crippen molar-refractivity contribution >= 4 is 23.5 Å². The van der Waals surface area contributed by atoms with Gasteiger partial charge in [0.2, 0.25) is 0 Å². The number of carboxylic acid groups (broad SMARTS) is 1. The summed E-state index contributed by atoms with van der Waals surface area (Å²) in [7, 11) is 0. The molecule has 0 aliphatic heterocycles. The van der Waals surface area contributed by atoms with Gasteiger partial charge in [0.15, 0.2) is 0 Å². The Bertz CT molecular complexity index is 1130. The van der Waals surface area contributed by atoms with Crippen molar-refractivity contribution in [2.45, 2.75) is 0 Å². The SMILES string of the molecule is N#C/C(=C\c1ccccc1)c1ccc(OCCNC(=O)c2ccccc2C(=O)O)cc1. The van der Waals surface area contributed by atoms with Gasteiger partial charge in [-0.1, -0.05) is 42.5 Å². The van der Waals surface area contributed by atoms with Gasteiger partial charge in [0.25, 0.3) is 5.91 Å². The summed E-state index contributed by atoms with van der Waals surface area (Å²) in [6.45, 7) is 0.428. The van der Waals surface area contributed by atoms with Gasteiger partial charge in [-0.2, -0.15) is 5.26 Å². The van der Waals surface area contributed by atoms with Crippen LogP contribution in [0.3, 0.4) is 0 Å². The number of allylic oxidation sites excluding steroid dienone is 1. The van der Waals surface area contributed by atoms with E-state index in [9.17, 15) is 14.9 Å². The van der Waals surface area contributed by atoms with Gasteiger partial charge in [0, 0.05) is 0 Å². The predicted octanol–water partition coefficient (Wildman–Crippen LogP) is 4.26. The largest absolute Gasteiger partial charge is 0.492 e. The lowest BCUT2D eigenvalue weighted by atomic mass is 10.0. The van der Waals surface area contributed by atoms with E-state index in [2.05, 4.69) is 11.4 Å². The molecule has 0 aliphatic rings. The van der Waals surface area contributed by atoms with Gasteiger partial charge < -0.3 is 15.2 Å². The van der Waals surface area contributed by atoms with Crippen molar-refractivity contribution in [3.63, 3.8) is 0 Å². The summed E-state index contributed by atoms with van der Waals surface area (Å²) in [5.74, 6) is -1.03. The lowest BCUT2D eigenvalue weighted by Gasteiger charge is -2.10. The third kappa shape index (κ3) is 5.81. The van der Waals surface area contributed by atoms with Gasteiger partial charge in [-0.05, 0) is 53.6 Å². The fourth-order valence-electron chi connectivity index (χ4n) is 2.92. The molecule has 0 aromatic heterocycles. The summed E-state index contributed by atoms with van der Waals surface area (Å²) in [6, 6.07) is 25.0. The summed E-state index contributed by atoms with van der Waals surface area (Å²) in [5.41, 5.74) is 2.32. The van der Waals surface area contributed by atoms with Gasteiger partial charge in [-0.25, -0.2) is 4.79 Å². The number of benzene rings is 3. The molecular formula is C25H20N2O4. The van der Waals surface area contributed by atoms with E-state index < -0.39 is 11.9 Å². The molecule has 3 aromatic rings. The Balaban J connectivity index is 1.54. The van der Waals surface area contributed by atoms with E-state index in [-0.39, 0.29) is 24.3 Å². The topological polar surface area (TPSA) is 99.4 Å². The minimum atomic E-state index is -1.15. The third-order valence-electron chi connectivity index (χ3n) is 4.45. The van der Waals surface area contributed by atoms with Crippen LogP contribution >= 0.6 is 0 Å². The lowest BCUT2D eigenvalue weighted by molar-refractivity contribution is 0.0691. The zero-order valence-electron chi connectivity index (χ0n) is 16.6. The second kappa shape index (κ2) is 10.4. The molecule has 0 unspecified atom stereocenters. The van der Waals surface area contributed by atoms with Crippen LogP contribution in [0.4, 0.5) is 0 Å². The number of carbonyl (C=O) groups excluding carboxylic acids is 1. The molecule has 154 valence electrons.